The van der Waals surface area contributed by atoms with E-state index in [9.17, 15) is 9.90 Å². The molecule has 1 saturated heterocycles. The SMILES string of the molecule is COc1ccc2c(CN3CCCC[C@H]3CCO)cc(=O)oc2c1. The van der Waals surface area contributed by atoms with E-state index in [2.05, 4.69) is 4.90 Å². The summed E-state index contributed by atoms with van der Waals surface area (Å²) in [6, 6.07) is 7.54. The van der Waals surface area contributed by atoms with Crippen LogP contribution in [-0.4, -0.2) is 36.3 Å². The highest BCUT2D eigenvalue weighted by molar-refractivity contribution is 5.81. The monoisotopic (exact) mass is 317 g/mol. The van der Waals surface area contributed by atoms with Crippen molar-refractivity contribution in [3.05, 3.63) is 40.2 Å². The molecule has 1 aromatic heterocycles. The van der Waals surface area contributed by atoms with Gasteiger partial charge in [-0.1, -0.05) is 6.42 Å². The standard InChI is InChI=1S/C18H23NO4/c1-22-15-5-6-16-13(10-18(21)23-17(16)11-15)12-19-8-3-2-4-14(19)7-9-20/h5-6,10-11,14,20H,2-4,7-9,12H2,1H3/t14-/m0/s1. The Labute approximate surface area is 135 Å². The van der Waals surface area contributed by atoms with Crippen LogP contribution in [0.2, 0.25) is 0 Å². The van der Waals surface area contributed by atoms with E-state index in [4.69, 9.17) is 9.15 Å². The first-order valence-corrected chi connectivity index (χ1v) is 8.17. The van der Waals surface area contributed by atoms with Gasteiger partial charge in [0.2, 0.25) is 0 Å². The van der Waals surface area contributed by atoms with Crippen LogP contribution in [0.1, 0.15) is 31.2 Å². The number of hydrogen-bond acceptors (Lipinski definition) is 5. The molecule has 1 aromatic carbocycles. The Morgan fingerprint density at radius 1 is 1.35 bits per heavy atom. The van der Waals surface area contributed by atoms with E-state index in [-0.39, 0.29) is 12.2 Å². The van der Waals surface area contributed by atoms with Gasteiger partial charge in [-0.15, -0.1) is 0 Å². The van der Waals surface area contributed by atoms with Gasteiger partial charge in [-0.25, -0.2) is 4.79 Å². The molecule has 1 fully saturated rings. The van der Waals surface area contributed by atoms with Crippen LogP contribution in [0.3, 0.4) is 0 Å². The van der Waals surface area contributed by atoms with E-state index < -0.39 is 0 Å². The van der Waals surface area contributed by atoms with Crippen LogP contribution in [0, 0.1) is 0 Å². The molecule has 2 heterocycles. The number of benzene rings is 1. The summed E-state index contributed by atoms with van der Waals surface area (Å²) in [4.78, 5) is 14.3. The van der Waals surface area contributed by atoms with E-state index in [1.54, 1.807) is 19.2 Å². The number of fused-ring (bicyclic) bond motifs is 1. The molecule has 0 bridgehead atoms. The molecule has 1 aliphatic heterocycles. The van der Waals surface area contributed by atoms with E-state index >= 15 is 0 Å². The van der Waals surface area contributed by atoms with Crippen molar-refractivity contribution < 1.29 is 14.3 Å². The highest BCUT2D eigenvalue weighted by atomic mass is 16.5. The van der Waals surface area contributed by atoms with Crippen molar-refractivity contribution >= 4 is 11.0 Å². The van der Waals surface area contributed by atoms with Gasteiger partial charge in [-0.3, -0.25) is 4.90 Å². The number of piperidine rings is 1. The second kappa shape index (κ2) is 7.15. The first-order chi connectivity index (χ1) is 11.2. The summed E-state index contributed by atoms with van der Waals surface area (Å²) < 4.78 is 10.5. The molecule has 0 aliphatic carbocycles. The molecule has 0 saturated carbocycles. The maximum Gasteiger partial charge on any atom is 0.336 e. The van der Waals surface area contributed by atoms with E-state index in [1.807, 2.05) is 12.1 Å². The minimum absolute atomic E-state index is 0.204. The van der Waals surface area contributed by atoms with Crippen LogP contribution in [0.4, 0.5) is 0 Å². The second-order valence-electron chi connectivity index (χ2n) is 6.09. The molecule has 0 spiro atoms. The highest BCUT2D eigenvalue weighted by Crippen LogP contribution is 2.26. The molecule has 0 amide bonds. The van der Waals surface area contributed by atoms with Gasteiger partial charge in [0.1, 0.15) is 11.3 Å². The molecule has 124 valence electrons. The Morgan fingerprint density at radius 3 is 3.00 bits per heavy atom. The first-order valence-electron chi connectivity index (χ1n) is 8.17. The molecule has 3 rings (SSSR count). The number of rotatable bonds is 5. The van der Waals surface area contributed by atoms with Crippen molar-refractivity contribution in [2.24, 2.45) is 0 Å². The fourth-order valence-electron chi connectivity index (χ4n) is 3.43. The summed E-state index contributed by atoms with van der Waals surface area (Å²) in [6.07, 6.45) is 4.26. The summed E-state index contributed by atoms with van der Waals surface area (Å²) in [5.41, 5.74) is 1.20. The summed E-state index contributed by atoms with van der Waals surface area (Å²) in [7, 11) is 1.59. The lowest BCUT2D eigenvalue weighted by atomic mass is 9.98. The minimum Gasteiger partial charge on any atom is -0.497 e. The maximum absolute atomic E-state index is 11.9. The third-order valence-corrected chi connectivity index (χ3v) is 4.62. The van der Waals surface area contributed by atoms with Crippen molar-refractivity contribution in [2.75, 3.05) is 20.3 Å². The predicted molar refractivity (Wildman–Crippen MR) is 88.8 cm³/mol. The quantitative estimate of drug-likeness (QED) is 0.859. The Morgan fingerprint density at radius 2 is 2.22 bits per heavy atom. The molecule has 1 N–H and O–H groups in total. The van der Waals surface area contributed by atoms with E-state index in [1.165, 1.54) is 6.42 Å². The third kappa shape index (κ3) is 3.57. The summed E-state index contributed by atoms with van der Waals surface area (Å²) in [5, 5.41) is 10.2. The molecule has 5 nitrogen and oxygen atoms in total. The second-order valence-corrected chi connectivity index (χ2v) is 6.09. The highest BCUT2D eigenvalue weighted by Gasteiger charge is 2.23. The molecular weight excluding hydrogens is 294 g/mol. The van der Waals surface area contributed by atoms with Crippen molar-refractivity contribution in [2.45, 2.75) is 38.3 Å². The summed E-state index contributed by atoms with van der Waals surface area (Å²) >= 11 is 0. The molecule has 2 aromatic rings. The van der Waals surface area contributed by atoms with Crippen molar-refractivity contribution in [1.29, 1.82) is 0 Å². The molecule has 5 heteroatoms. The van der Waals surface area contributed by atoms with Crippen molar-refractivity contribution in [3.63, 3.8) is 0 Å². The largest absolute Gasteiger partial charge is 0.497 e. The number of aliphatic hydroxyl groups excluding tert-OH is 1. The molecule has 0 radical (unpaired) electrons. The maximum atomic E-state index is 11.9. The number of aliphatic hydroxyl groups is 1. The molecule has 1 aliphatic rings. The van der Waals surface area contributed by atoms with Crippen LogP contribution in [0.15, 0.2) is 33.5 Å². The molecule has 1 atom stereocenters. The Hall–Kier alpha value is -1.85. The Bertz CT molecular complexity index is 723. The molecule has 23 heavy (non-hydrogen) atoms. The number of methoxy groups -OCH3 is 1. The van der Waals surface area contributed by atoms with Gasteiger partial charge in [-0.05, 0) is 43.5 Å². The summed E-state index contributed by atoms with van der Waals surface area (Å²) in [6.45, 7) is 1.91. The Kier molecular flexibility index (Phi) is 4.98. The van der Waals surface area contributed by atoms with Crippen LogP contribution in [0.25, 0.3) is 11.0 Å². The molecular formula is C18H23NO4. The predicted octanol–water partition coefficient (Wildman–Crippen LogP) is 2.54. The van der Waals surface area contributed by atoms with Gasteiger partial charge in [0.25, 0.3) is 0 Å². The van der Waals surface area contributed by atoms with Gasteiger partial charge in [0, 0.05) is 36.7 Å². The number of likely N-dealkylation sites (tertiary alicyclic amines) is 1. The fraction of sp³-hybridized carbons (Fsp3) is 0.500. The minimum atomic E-state index is -0.337. The topological polar surface area (TPSA) is 62.9 Å². The number of hydrogen-bond donors (Lipinski definition) is 1. The van der Waals surface area contributed by atoms with Gasteiger partial charge in [0.05, 0.1) is 7.11 Å². The Balaban J connectivity index is 1.93. The van der Waals surface area contributed by atoms with Crippen LogP contribution in [0.5, 0.6) is 5.75 Å². The zero-order valence-electron chi connectivity index (χ0n) is 13.5. The number of nitrogens with zero attached hydrogens (tertiary/aromatic N) is 1. The van der Waals surface area contributed by atoms with Gasteiger partial charge < -0.3 is 14.3 Å². The van der Waals surface area contributed by atoms with Gasteiger partial charge in [-0.2, -0.15) is 0 Å². The first kappa shape index (κ1) is 16.0. The average molecular weight is 317 g/mol. The van der Waals surface area contributed by atoms with Gasteiger partial charge in [0.15, 0.2) is 0 Å². The van der Waals surface area contributed by atoms with Crippen LogP contribution < -0.4 is 10.4 Å². The zero-order valence-corrected chi connectivity index (χ0v) is 13.5. The fourth-order valence-corrected chi connectivity index (χ4v) is 3.43. The summed E-state index contributed by atoms with van der Waals surface area (Å²) in [5.74, 6) is 0.675. The smallest absolute Gasteiger partial charge is 0.336 e. The van der Waals surface area contributed by atoms with Crippen LogP contribution in [-0.2, 0) is 6.54 Å². The van der Waals surface area contributed by atoms with E-state index in [0.717, 1.165) is 36.8 Å². The van der Waals surface area contributed by atoms with Crippen LogP contribution >= 0.6 is 0 Å². The lowest BCUT2D eigenvalue weighted by Crippen LogP contribution is -2.39. The van der Waals surface area contributed by atoms with E-state index in [0.29, 0.717) is 23.9 Å². The lowest BCUT2D eigenvalue weighted by molar-refractivity contribution is 0.113. The molecule has 0 unspecified atom stereocenters. The third-order valence-electron chi connectivity index (χ3n) is 4.62. The average Bonchev–Trinajstić information content (AvgIpc) is 2.56. The van der Waals surface area contributed by atoms with Crippen molar-refractivity contribution in [3.8, 4) is 5.75 Å². The number of ether oxygens (including phenoxy) is 1. The lowest BCUT2D eigenvalue weighted by Gasteiger charge is -2.35. The normalized spacial score (nSPS) is 19.1. The van der Waals surface area contributed by atoms with Crippen molar-refractivity contribution in [1.82, 2.24) is 4.90 Å². The zero-order chi connectivity index (χ0) is 16.2. The van der Waals surface area contributed by atoms with Gasteiger partial charge >= 0.3 is 5.63 Å².